The lowest BCUT2D eigenvalue weighted by molar-refractivity contribution is 0.0983. The maximum atomic E-state index is 12.6. The van der Waals surface area contributed by atoms with Crippen LogP contribution in [0, 0.1) is 6.92 Å². The zero-order valence-electron chi connectivity index (χ0n) is 18.2. The Bertz CT molecular complexity index is 1020. The molecule has 2 aromatic carbocycles. The van der Waals surface area contributed by atoms with Crippen molar-refractivity contribution in [1.82, 2.24) is 4.98 Å². The molecule has 0 N–H and O–H groups in total. The first-order chi connectivity index (χ1) is 14.5. The standard InChI is InChI=1S/C27H30N2O/c1-4-27(17-18-27)29(3)25-14-11-23(12-15-25)22-7-9-24(10-8-22)26(30)16-13-21-6-5-19-28-20(21)2/h5-12,14-15,19H,4,13,16-18H2,1-3H3. The number of benzene rings is 2. The van der Waals surface area contributed by atoms with Gasteiger partial charge in [0.1, 0.15) is 0 Å². The zero-order valence-corrected chi connectivity index (χ0v) is 18.2. The molecule has 3 aromatic rings. The fraction of sp³-hybridized carbons (Fsp3) is 0.333. The molecule has 1 fully saturated rings. The minimum Gasteiger partial charge on any atom is -0.369 e. The van der Waals surface area contributed by atoms with Gasteiger partial charge in [-0.05, 0) is 67.5 Å². The number of carbonyl (C=O) groups excluding carboxylic acids is 1. The summed E-state index contributed by atoms with van der Waals surface area (Å²) < 4.78 is 0. The Hall–Kier alpha value is -2.94. The molecule has 4 rings (SSSR count). The predicted octanol–water partition coefficient (Wildman–Crippen LogP) is 6.25. The van der Waals surface area contributed by atoms with Crippen molar-refractivity contribution in [3.8, 4) is 11.1 Å². The highest BCUT2D eigenvalue weighted by atomic mass is 16.1. The van der Waals surface area contributed by atoms with Crippen LogP contribution in [-0.4, -0.2) is 23.4 Å². The number of carbonyl (C=O) groups is 1. The van der Waals surface area contributed by atoms with Crippen molar-refractivity contribution in [2.24, 2.45) is 0 Å². The van der Waals surface area contributed by atoms with E-state index in [1.54, 1.807) is 6.20 Å². The Morgan fingerprint density at radius 3 is 2.20 bits per heavy atom. The number of hydrogen-bond acceptors (Lipinski definition) is 3. The molecule has 0 aliphatic heterocycles. The molecule has 0 atom stereocenters. The summed E-state index contributed by atoms with van der Waals surface area (Å²) in [5.74, 6) is 0.177. The molecule has 3 nitrogen and oxygen atoms in total. The van der Waals surface area contributed by atoms with Gasteiger partial charge in [0.05, 0.1) is 0 Å². The largest absolute Gasteiger partial charge is 0.369 e. The number of anilines is 1. The van der Waals surface area contributed by atoms with Crippen molar-refractivity contribution in [3.63, 3.8) is 0 Å². The Morgan fingerprint density at radius 2 is 1.63 bits per heavy atom. The summed E-state index contributed by atoms with van der Waals surface area (Å²) in [6.45, 7) is 4.27. The molecule has 154 valence electrons. The van der Waals surface area contributed by atoms with E-state index in [4.69, 9.17) is 0 Å². The van der Waals surface area contributed by atoms with Gasteiger partial charge in [0.15, 0.2) is 5.78 Å². The molecule has 3 heteroatoms. The van der Waals surface area contributed by atoms with Crippen molar-refractivity contribution < 1.29 is 4.79 Å². The third-order valence-electron chi connectivity index (χ3n) is 6.73. The molecular weight excluding hydrogens is 368 g/mol. The molecule has 1 aromatic heterocycles. The molecule has 1 heterocycles. The first-order valence-electron chi connectivity index (χ1n) is 10.9. The quantitative estimate of drug-likeness (QED) is 0.420. The van der Waals surface area contributed by atoms with E-state index in [0.29, 0.717) is 12.0 Å². The van der Waals surface area contributed by atoms with Crippen LogP contribution in [0.15, 0.2) is 66.9 Å². The number of rotatable bonds is 8. The van der Waals surface area contributed by atoms with Gasteiger partial charge in [-0.3, -0.25) is 9.78 Å². The van der Waals surface area contributed by atoms with Crippen LogP contribution >= 0.6 is 0 Å². The molecule has 1 saturated carbocycles. The van der Waals surface area contributed by atoms with Crippen LogP contribution < -0.4 is 4.90 Å². The summed E-state index contributed by atoms with van der Waals surface area (Å²) in [6.07, 6.45) is 6.80. The summed E-state index contributed by atoms with van der Waals surface area (Å²) in [4.78, 5) is 19.3. The van der Waals surface area contributed by atoms with Gasteiger partial charge in [0, 0.05) is 42.1 Å². The molecule has 0 amide bonds. The molecule has 0 saturated heterocycles. The first-order valence-corrected chi connectivity index (χ1v) is 10.9. The molecule has 30 heavy (non-hydrogen) atoms. The maximum Gasteiger partial charge on any atom is 0.163 e. The van der Waals surface area contributed by atoms with Crippen molar-refractivity contribution in [2.75, 3.05) is 11.9 Å². The van der Waals surface area contributed by atoms with Crippen molar-refractivity contribution >= 4 is 11.5 Å². The molecular formula is C27H30N2O. The fourth-order valence-electron chi connectivity index (χ4n) is 4.24. The van der Waals surface area contributed by atoms with E-state index in [-0.39, 0.29) is 5.78 Å². The second kappa shape index (κ2) is 8.43. The number of nitrogens with zero attached hydrogens (tertiary/aromatic N) is 2. The van der Waals surface area contributed by atoms with Gasteiger partial charge in [-0.1, -0.05) is 49.4 Å². The highest BCUT2D eigenvalue weighted by molar-refractivity contribution is 5.96. The van der Waals surface area contributed by atoms with Crippen LogP contribution in [0.4, 0.5) is 5.69 Å². The van der Waals surface area contributed by atoms with E-state index in [1.165, 1.54) is 30.5 Å². The Labute approximate surface area is 179 Å². The smallest absolute Gasteiger partial charge is 0.163 e. The minimum absolute atomic E-state index is 0.177. The van der Waals surface area contributed by atoms with Gasteiger partial charge in [0.25, 0.3) is 0 Å². The van der Waals surface area contributed by atoms with Gasteiger partial charge >= 0.3 is 0 Å². The van der Waals surface area contributed by atoms with Gasteiger partial charge in [0.2, 0.25) is 0 Å². The third-order valence-corrected chi connectivity index (χ3v) is 6.73. The number of aromatic nitrogens is 1. The molecule has 0 radical (unpaired) electrons. The van der Waals surface area contributed by atoms with Gasteiger partial charge in [-0.2, -0.15) is 0 Å². The lowest BCUT2D eigenvalue weighted by Crippen LogP contribution is -2.32. The highest BCUT2D eigenvalue weighted by Crippen LogP contribution is 2.45. The normalized spacial score (nSPS) is 14.4. The zero-order chi connectivity index (χ0) is 21.1. The average molecular weight is 399 g/mol. The minimum atomic E-state index is 0.177. The Morgan fingerprint density at radius 1 is 1.00 bits per heavy atom. The number of ketones is 1. The van der Waals surface area contributed by atoms with Crippen LogP contribution in [0.2, 0.25) is 0 Å². The van der Waals surface area contributed by atoms with Crippen molar-refractivity contribution in [1.29, 1.82) is 0 Å². The molecule has 0 unspecified atom stereocenters. The SMILES string of the molecule is CCC1(N(C)c2ccc(-c3ccc(C(=O)CCc4cccnc4C)cc3)cc2)CC1. The van der Waals surface area contributed by atoms with Crippen LogP contribution in [0.1, 0.15) is 54.2 Å². The average Bonchev–Trinajstić information content (AvgIpc) is 3.59. The second-order valence-electron chi connectivity index (χ2n) is 8.43. The monoisotopic (exact) mass is 398 g/mol. The van der Waals surface area contributed by atoms with E-state index in [0.717, 1.165) is 28.8 Å². The van der Waals surface area contributed by atoms with Crippen LogP contribution in [0.3, 0.4) is 0 Å². The molecule has 0 bridgehead atoms. The number of Topliss-reactive ketones (excluding diaryl/α,β-unsaturated/α-hetero) is 1. The van der Waals surface area contributed by atoms with Crippen LogP contribution in [-0.2, 0) is 6.42 Å². The number of aryl methyl sites for hydroxylation is 2. The van der Waals surface area contributed by atoms with Crippen molar-refractivity contribution in [2.45, 2.75) is 51.5 Å². The number of pyridine rings is 1. The van der Waals surface area contributed by atoms with Crippen LogP contribution in [0.25, 0.3) is 11.1 Å². The topological polar surface area (TPSA) is 33.2 Å². The third kappa shape index (κ3) is 4.16. The van der Waals surface area contributed by atoms with Gasteiger partial charge < -0.3 is 4.90 Å². The molecule has 1 aliphatic rings. The van der Waals surface area contributed by atoms with Gasteiger partial charge in [-0.25, -0.2) is 0 Å². The van der Waals surface area contributed by atoms with Crippen molar-refractivity contribution in [3.05, 3.63) is 83.7 Å². The summed E-state index contributed by atoms with van der Waals surface area (Å²) in [6, 6.07) is 20.8. The second-order valence-corrected chi connectivity index (χ2v) is 8.43. The number of hydrogen-bond donors (Lipinski definition) is 0. The summed E-state index contributed by atoms with van der Waals surface area (Å²) in [7, 11) is 2.21. The first kappa shape index (κ1) is 20.3. The predicted molar refractivity (Wildman–Crippen MR) is 124 cm³/mol. The van der Waals surface area contributed by atoms with E-state index < -0.39 is 0 Å². The van der Waals surface area contributed by atoms with E-state index in [2.05, 4.69) is 60.3 Å². The maximum absolute atomic E-state index is 12.6. The fourth-order valence-corrected chi connectivity index (χ4v) is 4.24. The van der Waals surface area contributed by atoms with E-state index in [9.17, 15) is 4.79 Å². The van der Waals surface area contributed by atoms with E-state index in [1.807, 2.05) is 31.2 Å². The molecule has 1 aliphatic carbocycles. The van der Waals surface area contributed by atoms with Gasteiger partial charge in [-0.15, -0.1) is 0 Å². The summed E-state index contributed by atoms with van der Waals surface area (Å²) in [5, 5.41) is 0. The highest BCUT2D eigenvalue weighted by Gasteiger charge is 2.44. The van der Waals surface area contributed by atoms with Crippen LogP contribution in [0.5, 0.6) is 0 Å². The Kier molecular flexibility index (Phi) is 5.72. The Balaban J connectivity index is 1.40. The molecule has 0 spiro atoms. The lowest BCUT2D eigenvalue weighted by Gasteiger charge is -2.29. The lowest BCUT2D eigenvalue weighted by atomic mass is 9.99. The van der Waals surface area contributed by atoms with E-state index >= 15 is 0 Å². The summed E-state index contributed by atoms with van der Waals surface area (Å²) in [5.41, 5.74) is 6.88. The summed E-state index contributed by atoms with van der Waals surface area (Å²) >= 11 is 0.